The van der Waals surface area contributed by atoms with E-state index in [4.69, 9.17) is 9.72 Å². The van der Waals surface area contributed by atoms with E-state index in [0.29, 0.717) is 5.92 Å². The number of benzene rings is 1. The summed E-state index contributed by atoms with van der Waals surface area (Å²) in [4.78, 5) is 7.07. The van der Waals surface area contributed by atoms with Crippen LogP contribution in [0.4, 0.5) is 5.13 Å². The number of anilines is 1. The molecule has 1 aliphatic rings. The monoisotopic (exact) mass is 378 g/mol. The molecule has 0 unspecified atom stereocenters. The highest BCUT2D eigenvalue weighted by Gasteiger charge is 2.29. The molecule has 0 bridgehead atoms. The third-order valence-corrected chi connectivity index (χ3v) is 5.36. The number of rotatable bonds is 4. The summed E-state index contributed by atoms with van der Waals surface area (Å²) in [5.74, 6) is 1.47. The van der Waals surface area contributed by atoms with Gasteiger partial charge in [-0.25, -0.2) is 4.98 Å². The molecule has 5 nitrogen and oxygen atoms in total. The third-order valence-electron chi connectivity index (χ3n) is 3.87. The summed E-state index contributed by atoms with van der Waals surface area (Å²) in [6, 6.07) is 6.06. The van der Waals surface area contributed by atoms with Crippen LogP contribution in [0, 0.1) is 5.92 Å². The van der Waals surface area contributed by atoms with Gasteiger partial charge in [-0.15, -0.1) is 0 Å². The second kappa shape index (κ2) is 5.55. The number of para-hydroxylation sites is 1. The molecule has 1 saturated heterocycles. The molecule has 2 aromatic heterocycles. The molecule has 4 rings (SSSR count). The standard InChI is InChI=1S/C15H15BrN4OS/c1-21-12-3-2-4-13-14(12)18-15(22-13)19-6-10(7-19)8-20-9-11(16)5-17-20/h2-5,9-10H,6-8H2,1H3. The number of hydrogen-bond acceptors (Lipinski definition) is 5. The van der Waals surface area contributed by atoms with E-state index in [1.807, 2.05) is 29.2 Å². The zero-order valence-corrected chi connectivity index (χ0v) is 14.5. The van der Waals surface area contributed by atoms with Crippen molar-refractivity contribution in [1.82, 2.24) is 14.8 Å². The maximum Gasteiger partial charge on any atom is 0.186 e. The average molecular weight is 379 g/mol. The van der Waals surface area contributed by atoms with E-state index in [1.165, 1.54) is 4.70 Å². The Morgan fingerprint density at radius 2 is 2.27 bits per heavy atom. The van der Waals surface area contributed by atoms with Crippen LogP contribution in [0.5, 0.6) is 5.75 Å². The molecular formula is C15H15BrN4OS. The van der Waals surface area contributed by atoms with Crippen LogP contribution >= 0.6 is 27.3 Å². The number of thiazole rings is 1. The summed E-state index contributed by atoms with van der Waals surface area (Å²) in [7, 11) is 1.69. The second-order valence-corrected chi connectivity index (χ2v) is 7.38. The van der Waals surface area contributed by atoms with Gasteiger partial charge in [0, 0.05) is 31.7 Å². The molecule has 22 heavy (non-hydrogen) atoms. The molecule has 0 radical (unpaired) electrons. The van der Waals surface area contributed by atoms with Gasteiger partial charge >= 0.3 is 0 Å². The van der Waals surface area contributed by atoms with E-state index >= 15 is 0 Å². The quantitative estimate of drug-likeness (QED) is 0.697. The van der Waals surface area contributed by atoms with Crippen molar-refractivity contribution in [3.8, 4) is 5.75 Å². The largest absolute Gasteiger partial charge is 0.494 e. The van der Waals surface area contributed by atoms with E-state index in [1.54, 1.807) is 18.4 Å². The Kier molecular flexibility index (Phi) is 3.54. The van der Waals surface area contributed by atoms with E-state index in [-0.39, 0.29) is 0 Å². The SMILES string of the molecule is COc1cccc2sc(N3CC(Cn4cc(Br)cn4)C3)nc12. The molecule has 0 amide bonds. The normalized spacial score (nSPS) is 15.3. The number of nitrogens with zero attached hydrogens (tertiary/aromatic N) is 4. The molecule has 7 heteroatoms. The van der Waals surface area contributed by atoms with Crippen molar-refractivity contribution in [3.63, 3.8) is 0 Å². The Morgan fingerprint density at radius 1 is 1.41 bits per heavy atom. The van der Waals surface area contributed by atoms with Gasteiger partial charge in [0.1, 0.15) is 11.3 Å². The highest BCUT2D eigenvalue weighted by atomic mass is 79.9. The Balaban J connectivity index is 1.46. The van der Waals surface area contributed by atoms with Gasteiger partial charge in [0.05, 0.1) is 22.5 Å². The fourth-order valence-electron chi connectivity index (χ4n) is 2.76. The lowest BCUT2D eigenvalue weighted by Crippen LogP contribution is -2.48. The van der Waals surface area contributed by atoms with Crippen LogP contribution in [0.25, 0.3) is 10.2 Å². The van der Waals surface area contributed by atoms with E-state index in [0.717, 1.165) is 40.5 Å². The lowest BCUT2D eigenvalue weighted by molar-refractivity contribution is 0.342. The topological polar surface area (TPSA) is 43.2 Å². The minimum Gasteiger partial charge on any atom is -0.494 e. The molecule has 1 fully saturated rings. The first-order valence-corrected chi connectivity index (χ1v) is 8.70. The zero-order valence-electron chi connectivity index (χ0n) is 12.1. The van der Waals surface area contributed by atoms with Crippen LogP contribution in [-0.2, 0) is 6.54 Å². The molecule has 114 valence electrons. The number of fused-ring (bicyclic) bond motifs is 1. The lowest BCUT2D eigenvalue weighted by atomic mass is 10.0. The number of halogens is 1. The number of ether oxygens (including phenoxy) is 1. The predicted octanol–water partition coefficient (Wildman–Crippen LogP) is 3.40. The Labute approximate surface area is 140 Å². The van der Waals surface area contributed by atoms with Crippen LogP contribution < -0.4 is 9.64 Å². The van der Waals surface area contributed by atoms with Crippen LogP contribution in [0.1, 0.15) is 0 Å². The highest BCUT2D eigenvalue weighted by molar-refractivity contribution is 9.10. The van der Waals surface area contributed by atoms with E-state index in [2.05, 4.69) is 32.0 Å². The Bertz CT molecular complexity index is 809. The van der Waals surface area contributed by atoms with Gasteiger partial charge in [0.2, 0.25) is 0 Å². The van der Waals surface area contributed by atoms with E-state index < -0.39 is 0 Å². The molecular weight excluding hydrogens is 364 g/mol. The number of hydrogen-bond donors (Lipinski definition) is 0. The molecule has 0 atom stereocenters. The molecule has 0 saturated carbocycles. The summed E-state index contributed by atoms with van der Waals surface area (Å²) in [5, 5.41) is 5.40. The van der Waals surface area contributed by atoms with Gasteiger partial charge in [0.15, 0.2) is 5.13 Å². The van der Waals surface area contributed by atoms with Gasteiger partial charge < -0.3 is 9.64 Å². The fraction of sp³-hybridized carbons (Fsp3) is 0.333. The Hall–Kier alpha value is -1.60. The smallest absolute Gasteiger partial charge is 0.186 e. The van der Waals surface area contributed by atoms with E-state index in [9.17, 15) is 0 Å². The van der Waals surface area contributed by atoms with Crippen LogP contribution in [0.2, 0.25) is 0 Å². The maximum atomic E-state index is 5.38. The minimum atomic E-state index is 0.626. The van der Waals surface area contributed by atoms with Gasteiger partial charge in [-0.3, -0.25) is 4.68 Å². The predicted molar refractivity (Wildman–Crippen MR) is 91.8 cm³/mol. The van der Waals surface area contributed by atoms with Crippen molar-refractivity contribution in [1.29, 1.82) is 0 Å². The van der Waals surface area contributed by atoms with Gasteiger partial charge in [0.25, 0.3) is 0 Å². The lowest BCUT2D eigenvalue weighted by Gasteiger charge is -2.39. The van der Waals surface area contributed by atoms with Crippen molar-refractivity contribution in [2.75, 3.05) is 25.1 Å². The molecule has 1 aromatic carbocycles. The summed E-state index contributed by atoms with van der Waals surface area (Å²) >= 11 is 5.16. The molecule has 0 spiro atoms. The molecule has 0 N–H and O–H groups in total. The van der Waals surface area contributed by atoms with Gasteiger partial charge in [-0.1, -0.05) is 17.4 Å². The number of methoxy groups -OCH3 is 1. The van der Waals surface area contributed by atoms with Crippen molar-refractivity contribution < 1.29 is 4.74 Å². The van der Waals surface area contributed by atoms with Crippen molar-refractivity contribution in [2.24, 2.45) is 5.92 Å². The van der Waals surface area contributed by atoms with Crippen LogP contribution in [0.15, 0.2) is 35.1 Å². The van der Waals surface area contributed by atoms with Gasteiger partial charge in [-0.05, 0) is 28.1 Å². The first kappa shape index (κ1) is 14.0. The molecule has 1 aliphatic heterocycles. The molecule has 3 aromatic rings. The number of aromatic nitrogens is 3. The third kappa shape index (κ3) is 2.48. The van der Waals surface area contributed by atoms with Gasteiger partial charge in [-0.2, -0.15) is 5.10 Å². The first-order valence-electron chi connectivity index (χ1n) is 7.09. The minimum absolute atomic E-state index is 0.626. The molecule has 3 heterocycles. The summed E-state index contributed by atoms with van der Waals surface area (Å²) in [6.07, 6.45) is 3.85. The first-order chi connectivity index (χ1) is 10.7. The Morgan fingerprint density at radius 3 is 3.00 bits per heavy atom. The summed E-state index contributed by atoms with van der Waals surface area (Å²) in [5.41, 5.74) is 0.962. The zero-order chi connectivity index (χ0) is 15.1. The van der Waals surface area contributed by atoms with Crippen LogP contribution in [0.3, 0.4) is 0 Å². The second-order valence-electron chi connectivity index (χ2n) is 5.46. The summed E-state index contributed by atoms with van der Waals surface area (Å²) in [6.45, 7) is 3.01. The maximum absolute atomic E-state index is 5.38. The fourth-order valence-corrected chi connectivity index (χ4v) is 4.09. The average Bonchev–Trinajstić information content (AvgIpc) is 3.07. The molecule has 0 aliphatic carbocycles. The highest BCUT2D eigenvalue weighted by Crippen LogP contribution is 2.36. The van der Waals surface area contributed by atoms with Crippen LogP contribution in [-0.4, -0.2) is 35.0 Å². The van der Waals surface area contributed by atoms with Crippen molar-refractivity contribution >= 4 is 42.6 Å². The van der Waals surface area contributed by atoms with Crippen molar-refractivity contribution in [2.45, 2.75) is 6.54 Å². The summed E-state index contributed by atoms with van der Waals surface area (Å²) < 4.78 is 9.58. The van der Waals surface area contributed by atoms with Crippen molar-refractivity contribution in [3.05, 3.63) is 35.1 Å².